The molecule has 144 valence electrons. The molecular weight excluding hydrogens is 376 g/mol. The van der Waals surface area contributed by atoms with Crippen molar-refractivity contribution in [2.24, 2.45) is 5.10 Å². The summed E-state index contributed by atoms with van der Waals surface area (Å²) in [6.45, 7) is 8.44. The molecule has 0 atom stereocenters. The minimum atomic E-state index is 0.421. The Hall–Kier alpha value is -2.11. The molecule has 0 aliphatic carbocycles. The molecule has 0 unspecified atom stereocenters. The maximum Gasteiger partial charge on any atom is 0.191 e. The first-order valence-electron chi connectivity index (χ1n) is 9.25. The summed E-state index contributed by atoms with van der Waals surface area (Å²) in [4.78, 5) is 2.38. The fraction of sp³-hybridized carbons (Fsp3) is 0.333. The maximum absolute atomic E-state index is 6.12. The average Bonchev–Trinajstić information content (AvgIpc) is 2.67. The Morgan fingerprint density at radius 1 is 1.19 bits per heavy atom. The number of benzene rings is 2. The first kappa shape index (κ1) is 21.2. The molecule has 0 aromatic heterocycles. The van der Waals surface area contributed by atoms with Crippen LogP contribution in [-0.2, 0) is 0 Å². The topological polar surface area (TPSA) is 39.7 Å². The number of unbranched alkanes of at least 4 members (excludes halogenated alkanes) is 1. The molecule has 2 aromatic rings. The van der Waals surface area contributed by atoms with Crippen LogP contribution in [0.15, 0.2) is 47.6 Å². The van der Waals surface area contributed by atoms with Gasteiger partial charge in [-0.2, -0.15) is 5.10 Å². The second kappa shape index (κ2) is 10.9. The average molecular weight is 403 g/mol. The largest absolute Gasteiger partial charge is 0.372 e. The van der Waals surface area contributed by atoms with Crippen LogP contribution in [0.1, 0.15) is 37.8 Å². The molecule has 0 bridgehead atoms. The summed E-state index contributed by atoms with van der Waals surface area (Å²) >= 11 is 11.4. The molecule has 2 rings (SSSR count). The molecule has 0 radical (unpaired) electrons. The van der Waals surface area contributed by atoms with E-state index in [4.69, 9.17) is 23.8 Å². The number of halogens is 1. The fourth-order valence-electron chi connectivity index (χ4n) is 2.65. The summed E-state index contributed by atoms with van der Waals surface area (Å²) in [6, 6.07) is 14.0. The summed E-state index contributed by atoms with van der Waals surface area (Å²) in [5.41, 5.74) is 6.91. The molecule has 0 aliphatic rings. The van der Waals surface area contributed by atoms with E-state index in [-0.39, 0.29) is 0 Å². The number of thiocarbonyl (C=S) groups is 1. The first-order valence-corrected chi connectivity index (χ1v) is 10.0. The molecule has 0 amide bonds. The summed E-state index contributed by atoms with van der Waals surface area (Å²) in [5.74, 6) is 0. The summed E-state index contributed by atoms with van der Waals surface area (Å²) in [6.07, 6.45) is 4.16. The normalized spacial score (nSPS) is 10.8. The SMILES string of the molecule is CCCCN(CC)c1ccc(/C=N\NC(=S)Nc2cccc(Cl)c2C)cc1. The predicted molar refractivity (Wildman–Crippen MR) is 122 cm³/mol. The minimum absolute atomic E-state index is 0.421. The van der Waals surface area contributed by atoms with Crippen LogP contribution < -0.4 is 15.6 Å². The van der Waals surface area contributed by atoms with Crippen molar-refractivity contribution in [2.75, 3.05) is 23.3 Å². The quantitative estimate of drug-likeness (QED) is 0.342. The van der Waals surface area contributed by atoms with Gasteiger partial charge in [-0.25, -0.2) is 0 Å². The van der Waals surface area contributed by atoms with Gasteiger partial charge in [0.2, 0.25) is 0 Å². The zero-order valence-corrected chi connectivity index (χ0v) is 17.7. The second-order valence-corrected chi connectivity index (χ2v) is 7.08. The van der Waals surface area contributed by atoms with Crippen molar-refractivity contribution in [3.63, 3.8) is 0 Å². The van der Waals surface area contributed by atoms with E-state index in [0.29, 0.717) is 10.1 Å². The summed E-state index contributed by atoms with van der Waals surface area (Å²) in [5, 5.41) is 8.43. The van der Waals surface area contributed by atoms with Crippen LogP contribution in [0, 0.1) is 6.92 Å². The smallest absolute Gasteiger partial charge is 0.191 e. The van der Waals surface area contributed by atoms with Crippen molar-refractivity contribution in [1.29, 1.82) is 0 Å². The monoisotopic (exact) mass is 402 g/mol. The van der Waals surface area contributed by atoms with E-state index in [1.54, 1.807) is 6.21 Å². The molecular formula is C21H27ClN4S. The predicted octanol–water partition coefficient (Wildman–Crippen LogP) is 5.60. The third-order valence-electron chi connectivity index (χ3n) is 4.32. The Labute approximate surface area is 172 Å². The van der Waals surface area contributed by atoms with E-state index in [1.165, 1.54) is 18.5 Å². The van der Waals surface area contributed by atoms with Crippen molar-refractivity contribution in [2.45, 2.75) is 33.6 Å². The van der Waals surface area contributed by atoms with Gasteiger partial charge in [0, 0.05) is 29.5 Å². The lowest BCUT2D eigenvalue weighted by atomic mass is 10.2. The number of hydrazone groups is 1. The van der Waals surface area contributed by atoms with E-state index in [9.17, 15) is 0 Å². The van der Waals surface area contributed by atoms with E-state index in [2.05, 4.69) is 58.9 Å². The zero-order valence-electron chi connectivity index (χ0n) is 16.1. The second-order valence-electron chi connectivity index (χ2n) is 6.26. The molecule has 0 saturated heterocycles. The van der Waals surface area contributed by atoms with Gasteiger partial charge >= 0.3 is 0 Å². The maximum atomic E-state index is 6.12. The minimum Gasteiger partial charge on any atom is -0.372 e. The standard InChI is InChI=1S/C21H27ClN4S/c1-4-6-14-26(5-2)18-12-10-17(11-13-18)15-23-25-21(27)24-20-9-7-8-19(22)16(20)3/h7-13,15H,4-6,14H2,1-3H3,(H2,24,25,27)/b23-15-. The number of nitrogens with one attached hydrogen (secondary N) is 2. The van der Waals surface area contributed by atoms with Gasteiger partial charge in [0.25, 0.3) is 0 Å². The molecule has 0 fully saturated rings. The number of hydrogen-bond acceptors (Lipinski definition) is 3. The molecule has 4 nitrogen and oxygen atoms in total. The fourth-order valence-corrected chi connectivity index (χ4v) is 2.99. The van der Waals surface area contributed by atoms with Gasteiger partial charge in [0.1, 0.15) is 0 Å². The van der Waals surface area contributed by atoms with Crippen molar-refractivity contribution in [1.82, 2.24) is 5.43 Å². The van der Waals surface area contributed by atoms with Gasteiger partial charge in [0.05, 0.1) is 6.21 Å². The molecule has 27 heavy (non-hydrogen) atoms. The molecule has 0 heterocycles. The lowest BCUT2D eigenvalue weighted by Crippen LogP contribution is -2.24. The van der Waals surface area contributed by atoms with Crippen LogP contribution in [0.3, 0.4) is 0 Å². The lowest BCUT2D eigenvalue weighted by Gasteiger charge is -2.22. The van der Waals surface area contributed by atoms with Crippen LogP contribution in [0.4, 0.5) is 11.4 Å². The number of hydrogen-bond donors (Lipinski definition) is 2. The number of nitrogens with zero attached hydrogens (tertiary/aromatic N) is 2. The van der Waals surface area contributed by atoms with E-state index in [1.807, 2.05) is 25.1 Å². The Bertz CT molecular complexity index is 774. The lowest BCUT2D eigenvalue weighted by molar-refractivity contribution is 0.732. The van der Waals surface area contributed by atoms with Gasteiger partial charge in [-0.1, -0.05) is 43.1 Å². The third-order valence-corrected chi connectivity index (χ3v) is 4.92. The van der Waals surface area contributed by atoms with Crippen LogP contribution in [0.2, 0.25) is 5.02 Å². The van der Waals surface area contributed by atoms with Gasteiger partial charge in [-0.3, -0.25) is 5.43 Å². The van der Waals surface area contributed by atoms with Gasteiger partial charge in [-0.15, -0.1) is 0 Å². The van der Waals surface area contributed by atoms with Crippen molar-refractivity contribution in [3.05, 3.63) is 58.6 Å². The van der Waals surface area contributed by atoms with E-state index in [0.717, 1.165) is 29.9 Å². The Morgan fingerprint density at radius 3 is 2.59 bits per heavy atom. The third kappa shape index (κ3) is 6.52. The molecule has 6 heteroatoms. The summed E-state index contributed by atoms with van der Waals surface area (Å²) < 4.78 is 0. The van der Waals surface area contributed by atoms with E-state index >= 15 is 0 Å². The van der Waals surface area contributed by atoms with Crippen molar-refractivity contribution >= 4 is 46.5 Å². The van der Waals surface area contributed by atoms with Crippen LogP contribution in [0.5, 0.6) is 0 Å². The van der Waals surface area contributed by atoms with Gasteiger partial charge < -0.3 is 10.2 Å². The highest BCUT2D eigenvalue weighted by atomic mass is 35.5. The Balaban J connectivity index is 1.90. The highest BCUT2D eigenvalue weighted by Crippen LogP contribution is 2.22. The van der Waals surface area contributed by atoms with Gasteiger partial charge in [0.15, 0.2) is 5.11 Å². The zero-order chi connectivity index (χ0) is 19.6. The van der Waals surface area contributed by atoms with Gasteiger partial charge in [-0.05, 0) is 67.9 Å². The Kier molecular flexibility index (Phi) is 8.55. The van der Waals surface area contributed by atoms with Crippen LogP contribution in [-0.4, -0.2) is 24.4 Å². The Morgan fingerprint density at radius 2 is 1.93 bits per heavy atom. The van der Waals surface area contributed by atoms with Crippen LogP contribution in [0.25, 0.3) is 0 Å². The van der Waals surface area contributed by atoms with Crippen molar-refractivity contribution < 1.29 is 0 Å². The molecule has 2 N–H and O–H groups in total. The highest BCUT2D eigenvalue weighted by Gasteiger charge is 2.04. The highest BCUT2D eigenvalue weighted by molar-refractivity contribution is 7.80. The molecule has 2 aromatic carbocycles. The number of rotatable bonds is 8. The first-order chi connectivity index (χ1) is 13.0. The van der Waals surface area contributed by atoms with Crippen LogP contribution >= 0.6 is 23.8 Å². The van der Waals surface area contributed by atoms with E-state index < -0.39 is 0 Å². The molecule has 0 aliphatic heterocycles. The number of anilines is 2. The molecule has 0 spiro atoms. The molecule has 0 saturated carbocycles. The van der Waals surface area contributed by atoms with Crippen molar-refractivity contribution in [3.8, 4) is 0 Å². The summed E-state index contributed by atoms with van der Waals surface area (Å²) in [7, 11) is 0.